The van der Waals surface area contributed by atoms with Gasteiger partial charge in [-0.25, -0.2) is 0 Å². The largest absolute Gasteiger partial charge is 0.393 e. The zero-order chi connectivity index (χ0) is 13.0. The predicted molar refractivity (Wildman–Crippen MR) is 76.1 cm³/mol. The second-order valence-electron chi connectivity index (χ2n) is 4.40. The van der Waals surface area contributed by atoms with Crippen molar-refractivity contribution in [3.8, 4) is 0 Å². The topological polar surface area (TPSA) is 81.2 Å². The van der Waals surface area contributed by atoms with Gasteiger partial charge >= 0.3 is 0 Å². The fraction of sp³-hybridized carbons (Fsp3) is 0.500. The maximum atomic E-state index is 10.6. The molecule has 0 amide bonds. The monoisotopic (exact) mass is 267 g/mol. The van der Waals surface area contributed by atoms with E-state index in [-0.39, 0.29) is 11.4 Å². The molecular weight excluding hydrogens is 250 g/mol. The van der Waals surface area contributed by atoms with Crippen LogP contribution in [-0.2, 0) is 0 Å². The van der Waals surface area contributed by atoms with Crippen LogP contribution in [0.1, 0.15) is 19.3 Å². The van der Waals surface area contributed by atoms with E-state index in [0.29, 0.717) is 5.25 Å². The molecule has 18 heavy (non-hydrogen) atoms. The zero-order valence-corrected chi connectivity index (χ0v) is 10.9. The number of anilines is 2. The molecule has 1 unspecified atom stereocenters. The van der Waals surface area contributed by atoms with Crippen molar-refractivity contribution in [2.75, 3.05) is 23.3 Å². The molecule has 2 rings (SSSR count). The lowest BCUT2D eigenvalue weighted by molar-refractivity contribution is -0.383. The second-order valence-corrected chi connectivity index (χ2v) is 5.81. The third kappa shape index (κ3) is 3.29. The molecule has 0 bridgehead atoms. The molecule has 0 aromatic heterocycles. The maximum absolute atomic E-state index is 10.6. The average Bonchev–Trinajstić information content (AvgIpc) is 2.37. The van der Waals surface area contributed by atoms with Crippen molar-refractivity contribution >= 4 is 28.8 Å². The number of nitrogen functional groups attached to an aromatic ring is 1. The van der Waals surface area contributed by atoms with E-state index in [9.17, 15) is 10.1 Å². The number of rotatable bonds is 4. The highest BCUT2D eigenvalue weighted by Gasteiger charge is 2.14. The normalized spacial score (nSPS) is 19.4. The van der Waals surface area contributed by atoms with Gasteiger partial charge < -0.3 is 11.1 Å². The van der Waals surface area contributed by atoms with Crippen LogP contribution in [0.5, 0.6) is 0 Å². The molecule has 1 atom stereocenters. The summed E-state index contributed by atoms with van der Waals surface area (Å²) in [5, 5.41) is 14.6. The molecule has 1 aliphatic heterocycles. The summed E-state index contributed by atoms with van der Waals surface area (Å²) in [7, 11) is 0. The van der Waals surface area contributed by atoms with Crippen LogP contribution in [0.4, 0.5) is 17.1 Å². The number of nitro benzene ring substituents is 1. The molecule has 0 spiro atoms. The van der Waals surface area contributed by atoms with E-state index in [1.807, 2.05) is 11.8 Å². The first-order valence-electron chi connectivity index (χ1n) is 6.06. The van der Waals surface area contributed by atoms with Crippen LogP contribution < -0.4 is 11.1 Å². The van der Waals surface area contributed by atoms with E-state index >= 15 is 0 Å². The molecule has 1 saturated heterocycles. The summed E-state index contributed by atoms with van der Waals surface area (Å²) in [6.45, 7) is 0.891. The van der Waals surface area contributed by atoms with Crippen molar-refractivity contribution in [3.63, 3.8) is 0 Å². The molecule has 0 saturated carbocycles. The Morgan fingerprint density at radius 2 is 2.33 bits per heavy atom. The van der Waals surface area contributed by atoms with Gasteiger partial charge in [-0.15, -0.1) is 0 Å². The Kier molecular flexibility index (Phi) is 4.30. The van der Waals surface area contributed by atoms with Gasteiger partial charge in [0.1, 0.15) is 5.69 Å². The number of benzene rings is 1. The average molecular weight is 267 g/mol. The molecule has 98 valence electrons. The van der Waals surface area contributed by atoms with Gasteiger partial charge in [0.2, 0.25) is 0 Å². The number of nitrogens with one attached hydrogen (secondary N) is 1. The predicted octanol–water partition coefficient (Wildman–Crippen LogP) is 2.87. The van der Waals surface area contributed by atoms with Crippen molar-refractivity contribution in [1.29, 1.82) is 0 Å². The van der Waals surface area contributed by atoms with E-state index < -0.39 is 4.92 Å². The van der Waals surface area contributed by atoms with Gasteiger partial charge in [-0.05, 0) is 30.7 Å². The number of nitro groups is 1. The molecule has 1 fully saturated rings. The number of hydrogen-bond acceptors (Lipinski definition) is 5. The summed E-state index contributed by atoms with van der Waals surface area (Å²) in [4.78, 5) is 10.2. The lowest BCUT2D eigenvalue weighted by Gasteiger charge is -2.21. The minimum absolute atomic E-state index is 0.0346. The quantitative estimate of drug-likeness (QED) is 0.498. The van der Waals surface area contributed by atoms with Crippen LogP contribution in [0, 0.1) is 10.1 Å². The standard InChI is InChI=1S/C12H17N3O2S/c13-11-7-9(4-5-12(11)15(16)17)14-8-10-3-1-2-6-18-10/h4-5,7,10,14H,1-3,6,8,13H2. The van der Waals surface area contributed by atoms with Crippen molar-refractivity contribution in [2.24, 2.45) is 0 Å². The Balaban J connectivity index is 1.93. The van der Waals surface area contributed by atoms with Gasteiger partial charge in [-0.3, -0.25) is 10.1 Å². The third-order valence-corrected chi connectivity index (χ3v) is 4.43. The Bertz CT molecular complexity index is 433. The molecule has 1 aromatic carbocycles. The van der Waals surface area contributed by atoms with Gasteiger partial charge in [0.15, 0.2) is 0 Å². The van der Waals surface area contributed by atoms with Crippen LogP contribution in [0.3, 0.4) is 0 Å². The number of nitrogens with zero attached hydrogens (tertiary/aromatic N) is 1. The van der Waals surface area contributed by atoms with Crippen LogP contribution >= 0.6 is 11.8 Å². The lowest BCUT2D eigenvalue weighted by Crippen LogP contribution is -2.20. The molecule has 3 N–H and O–H groups in total. The second kappa shape index (κ2) is 5.95. The lowest BCUT2D eigenvalue weighted by atomic mass is 10.2. The van der Waals surface area contributed by atoms with E-state index in [1.165, 1.54) is 31.1 Å². The Hall–Kier alpha value is -1.43. The first-order valence-corrected chi connectivity index (χ1v) is 7.11. The number of thioether (sulfide) groups is 1. The van der Waals surface area contributed by atoms with E-state index in [2.05, 4.69) is 5.32 Å². The summed E-state index contributed by atoms with van der Waals surface area (Å²) in [6, 6.07) is 4.79. The molecule has 0 aliphatic carbocycles. The highest BCUT2D eigenvalue weighted by Crippen LogP contribution is 2.27. The first-order chi connectivity index (χ1) is 8.66. The Morgan fingerprint density at radius 1 is 1.50 bits per heavy atom. The third-order valence-electron chi connectivity index (χ3n) is 3.03. The zero-order valence-electron chi connectivity index (χ0n) is 10.1. The summed E-state index contributed by atoms with van der Waals surface area (Å²) in [5.74, 6) is 1.23. The number of hydrogen-bond donors (Lipinski definition) is 2. The van der Waals surface area contributed by atoms with Crippen LogP contribution in [0.2, 0.25) is 0 Å². The minimum atomic E-state index is -0.462. The molecular formula is C12H17N3O2S. The van der Waals surface area contributed by atoms with Crippen molar-refractivity contribution in [2.45, 2.75) is 24.5 Å². The fourth-order valence-corrected chi connectivity index (χ4v) is 3.27. The smallest absolute Gasteiger partial charge is 0.292 e. The molecule has 1 heterocycles. The van der Waals surface area contributed by atoms with Crippen LogP contribution in [-0.4, -0.2) is 22.5 Å². The Labute approximate surface area is 110 Å². The van der Waals surface area contributed by atoms with E-state index in [1.54, 1.807) is 12.1 Å². The van der Waals surface area contributed by atoms with Gasteiger partial charge in [-0.1, -0.05) is 6.42 Å². The van der Waals surface area contributed by atoms with Crippen molar-refractivity contribution < 1.29 is 4.92 Å². The summed E-state index contributed by atoms with van der Waals surface area (Å²) in [6.07, 6.45) is 3.84. The van der Waals surface area contributed by atoms with Gasteiger partial charge in [0, 0.05) is 23.5 Å². The van der Waals surface area contributed by atoms with Crippen molar-refractivity contribution in [1.82, 2.24) is 0 Å². The molecule has 1 aromatic rings. The molecule has 1 aliphatic rings. The van der Waals surface area contributed by atoms with E-state index in [4.69, 9.17) is 5.73 Å². The SMILES string of the molecule is Nc1cc(NCC2CCCCS2)ccc1[N+](=O)[O-]. The van der Waals surface area contributed by atoms with E-state index in [0.717, 1.165) is 12.2 Å². The minimum Gasteiger partial charge on any atom is -0.393 e. The molecule has 5 nitrogen and oxygen atoms in total. The Morgan fingerprint density at radius 3 is 2.94 bits per heavy atom. The van der Waals surface area contributed by atoms with Crippen LogP contribution in [0.25, 0.3) is 0 Å². The highest BCUT2D eigenvalue weighted by atomic mass is 32.2. The highest BCUT2D eigenvalue weighted by molar-refractivity contribution is 7.99. The maximum Gasteiger partial charge on any atom is 0.292 e. The fourth-order valence-electron chi connectivity index (χ4n) is 2.03. The molecule has 6 heteroatoms. The summed E-state index contributed by atoms with van der Waals surface area (Å²) in [5.41, 5.74) is 6.67. The van der Waals surface area contributed by atoms with Gasteiger partial charge in [0.05, 0.1) is 4.92 Å². The van der Waals surface area contributed by atoms with Gasteiger partial charge in [-0.2, -0.15) is 11.8 Å². The van der Waals surface area contributed by atoms with Gasteiger partial charge in [0.25, 0.3) is 5.69 Å². The molecule has 0 radical (unpaired) electrons. The van der Waals surface area contributed by atoms with Crippen molar-refractivity contribution in [3.05, 3.63) is 28.3 Å². The number of nitrogens with two attached hydrogens (primary N) is 1. The summed E-state index contributed by atoms with van der Waals surface area (Å²) < 4.78 is 0. The van der Waals surface area contributed by atoms with Crippen LogP contribution in [0.15, 0.2) is 18.2 Å². The summed E-state index contributed by atoms with van der Waals surface area (Å²) >= 11 is 1.99. The first kappa shape index (κ1) is 13.0.